The highest BCUT2D eigenvalue weighted by Gasteiger charge is 2.09. The summed E-state index contributed by atoms with van der Waals surface area (Å²) >= 11 is 0. The molecule has 2 aromatic carbocycles. The molecule has 0 fully saturated rings. The zero-order valence-electron chi connectivity index (χ0n) is 13.6. The molecule has 0 radical (unpaired) electrons. The highest BCUT2D eigenvalue weighted by atomic mass is 19.1. The summed E-state index contributed by atoms with van der Waals surface area (Å²) in [6.07, 6.45) is 0.171. The molecule has 0 bridgehead atoms. The molecule has 0 saturated heterocycles. The van der Waals surface area contributed by atoms with Crippen LogP contribution in [0.5, 0.6) is 5.75 Å². The van der Waals surface area contributed by atoms with Crippen LogP contribution in [0.3, 0.4) is 0 Å². The van der Waals surface area contributed by atoms with Gasteiger partial charge in [-0.15, -0.1) is 0 Å². The third-order valence-electron chi connectivity index (χ3n) is 3.12. The molecule has 24 heavy (non-hydrogen) atoms. The molecule has 2 aromatic rings. The van der Waals surface area contributed by atoms with E-state index >= 15 is 0 Å². The van der Waals surface area contributed by atoms with Crippen molar-refractivity contribution in [1.82, 2.24) is 0 Å². The molecular weight excluding hydrogens is 314 g/mol. The minimum Gasteiger partial charge on any atom is -0.489 e. The number of hydrogen-bond acceptors (Lipinski definition) is 3. The van der Waals surface area contributed by atoms with Gasteiger partial charge in [0.15, 0.2) is 0 Å². The Hall–Kier alpha value is -2.63. The number of amides is 1. The van der Waals surface area contributed by atoms with Crippen LogP contribution in [-0.2, 0) is 4.79 Å². The van der Waals surface area contributed by atoms with E-state index in [2.05, 4.69) is 10.6 Å². The van der Waals surface area contributed by atoms with E-state index in [1.54, 1.807) is 0 Å². The van der Waals surface area contributed by atoms with Crippen molar-refractivity contribution in [3.8, 4) is 5.75 Å². The van der Waals surface area contributed by atoms with E-state index in [1.165, 1.54) is 6.07 Å². The molecule has 6 heteroatoms. The lowest BCUT2D eigenvalue weighted by Crippen LogP contribution is -2.17. The SMILES string of the molecule is CC(C)Oc1ccccc1NCCC(=O)Nc1ccc(F)cc1F. The van der Waals surface area contributed by atoms with Crippen LogP contribution >= 0.6 is 0 Å². The maximum atomic E-state index is 13.5. The van der Waals surface area contributed by atoms with Gasteiger partial charge in [-0.05, 0) is 38.1 Å². The van der Waals surface area contributed by atoms with E-state index in [-0.39, 0.29) is 24.1 Å². The highest BCUT2D eigenvalue weighted by molar-refractivity contribution is 5.91. The minimum absolute atomic E-state index is 0.0371. The average Bonchev–Trinajstić information content (AvgIpc) is 2.51. The van der Waals surface area contributed by atoms with Gasteiger partial charge in [0, 0.05) is 19.0 Å². The number of carbonyl (C=O) groups is 1. The van der Waals surface area contributed by atoms with Crippen molar-refractivity contribution >= 4 is 17.3 Å². The normalized spacial score (nSPS) is 10.5. The standard InChI is InChI=1S/C18H20F2N2O2/c1-12(2)24-17-6-4-3-5-16(17)21-10-9-18(23)22-15-8-7-13(19)11-14(15)20/h3-8,11-12,21H,9-10H2,1-2H3,(H,22,23). The summed E-state index contributed by atoms with van der Waals surface area (Å²) < 4.78 is 32.0. The first-order valence-corrected chi connectivity index (χ1v) is 7.70. The third-order valence-corrected chi connectivity index (χ3v) is 3.12. The number of anilines is 2. The van der Waals surface area contributed by atoms with Gasteiger partial charge in [-0.25, -0.2) is 8.78 Å². The van der Waals surface area contributed by atoms with Crippen molar-refractivity contribution in [3.05, 3.63) is 54.1 Å². The Morgan fingerprint density at radius 2 is 1.88 bits per heavy atom. The van der Waals surface area contributed by atoms with Crippen LogP contribution in [0.25, 0.3) is 0 Å². The molecule has 1 amide bonds. The van der Waals surface area contributed by atoms with E-state index in [1.807, 2.05) is 38.1 Å². The number of para-hydroxylation sites is 2. The van der Waals surface area contributed by atoms with Crippen molar-refractivity contribution in [2.24, 2.45) is 0 Å². The van der Waals surface area contributed by atoms with Crippen LogP contribution in [0, 0.1) is 11.6 Å². The molecule has 128 valence electrons. The van der Waals surface area contributed by atoms with Gasteiger partial charge in [-0.1, -0.05) is 12.1 Å². The maximum absolute atomic E-state index is 13.5. The molecule has 0 spiro atoms. The second-order valence-electron chi connectivity index (χ2n) is 5.51. The number of rotatable bonds is 7. The van der Waals surface area contributed by atoms with Gasteiger partial charge >= 0.3 is 0 Å². The Balaban J connectivity index is 1.87. The number of ether oxygens (including phenoxy) is 1. The maximum Gasteiger partial charge on any atom is 0.226 e. The largest absolute Gasteiger partial charge is 0.489 e. The van der Waals surface area contributed by atoms with E-state index in [4.69, 9.17) is 4.74 Å². The fourth-order valence-corrected chi connectivity index (χ4v) is 2.08. The summed E-state index contributed by atoms with van der Waals surface area (Å²) in [4.78, 5) is 11.9. The summed E-state index contributed by atoms with van der Waals surface area (Å²) in [7, 11) is 0. The summed E-state index contributed by atoms with van der Waals surface area (Å²) in [5.41, 5.74) is 0.747. The van der Waals surface area contributed by atoms with Crippen LogP contribution in [0.15, 0.2) is 42.5 Å². The molecule has 0 unspecified atom stereocenters. The van der Waals surface area contributed by atoms with Crippen molar-refractivity contribution in [3.63, 3.8) is 0 Å². The summed E-state index contributed by atoms with van der Waals surface area (Å²) in [5.74, 6) is -1.14. The Labute approximate surface area is 139 Å². The van der Waals surface area contributed by atoms with Gasteiger partial charge in [0.2, 0.25) is 5.91 Å². The van der Waals surface area contributed by atoms with Gasteiger partial charge in [-0.2, -0.15) is 0 Å². The summed E-state index contributed by atoms with van der Waals surface area (Å²) in [6.45, 7) is 4.22. The van der Waals surface area contributed by atoms with Crippen LogP contribution in [0.2, 0.25) is 0 Å². The Morgan fingerprint density at radius 3 is 2.58 bits per heavy atom. The molecule has 0 aliphatic heterocycles. The first-order valence-electron chi connectivity index (χ1n) is 7.70. The minimum atomic E-state index is -0.799. The van der Waals surface area contributed by atoms with Gasteiger partial charge in [0.25, 0.3) is 0 Å². The van der Waals surface area contributed by atoms with E-state index in [9.17, 15) is 13.6 Å². The van der Waals surface area contributed by atoms with Gasteiger partial charge in [0.1, 0.15) is 17.4 Å². The third kappa shape index (κ3) is 5.22. The Kier molecular flexibility index (Phi) is 6.12. The second-order valence-corrected chi connectivity index (χ2v) is 5.51. The zero-order chi connectivity index (χ0) is 17.5. The zero-order valence-corrected chi connectivity index (χ0v) is 13.6. The predicted molar refractivity (Wildman–Crippen MR) is 90.3 cm³/mol. The number of benzene rings is 2. The molecule has 0 aromatic heterocycles. The second kappa shape index (κ2) is 8.29. The molecule has 0 aliphatic rings. The molecule has 2 rings (SSSR count). The Bertz CT molecular complexity index is 705. The number of hydrogen-bond donors (Lipinski definition) is 2. The van der Waals surface area contributed by atoms with Crippen molar-refractivity contribution in [2.75, 3.05) is 17.2 Å². The summed E-state index contributed by atoms with van der Waals surface area (Å²) in [5, 5.41) is 5.54. The first-order chi connectivity index (χ1) is 11.5. The number of carbonyl (C=O) groups excluding carboxylic acids is 1. The molecule has 0 saturated carbocycles. The molecule has 0 aliphatic carbocycles. The lowest BCUT2D eigenvalue weighted by atomic mass is 10.2. The smallest absolute Gasteiger partial charge is 0.226 e. The Morgan fingerprint density at radius 1 is 1.12 bits per heavy atom. The number of nitrogens with one attached hydrogen (secondary N) is 2. The van der Waals surface area contributed by atoms with Crippen molar-refractivity contribution < 1.29 is 18.3 Å². The predicted octanol–water partition coefficient (Wildman–Crippen LogP) is 4.19. The lowest BCUT2D eigenvalue weighted by Gasteiger charge is -2.15. The molecule has 2 N–H and O–H groups in total. The quantitative estimate of drug-likeness (QED) is 0.798. The van der Waals surface area contributed by atoms with Crippen LogP contribution in [-0.4, -0.2) is 18.6 Å². The van der Waals surface area contributed by atoms with Crippen LogP contribution < -0.4 is 15.4 Å². The average molecular weight is 334 g/mol. The van der Waals surface area contributed by atoms with E-state index < -0.39 is 11.6 Å². The monoisotopic (exact) mass is 334 g/mol. The molecule has 4 nitrogen and oxygen atoms in total. The first kappa shape index (κ1) is 17.7. The van der Waals surface area contributed by atoms with Crippen molar-refractivity contribution in [2.45, 2.75) is 26.4 Å². The number of halogens is 2. The van der Waals surface area contributed by atoms with E-state index in [0.717, 1.165) is 17.8 Å². The lowest BCUT2D eigenvalue weighted by molar-refractivity contribution is -0.116. The van der Waals surface area contributed by atoms with E-state index in [0.29, 0.717) is 12.3 Å². The van der Waals surface area contributed by atoms with Gasteiger partial charge in [-0.3, -0.25) is 4.79 Å². The van der Waals surface area contributed by atoms with Crippen LogP contribution in [0.1, 0.15) is 20.3 Å². The topological polar surface area (TPSA) is 50.4 Å². The van der Waals surface area contributed by atoms with Crippen LogP contribution in [0.4, 0.5) is 20.2 Å². The van der Waals surface area contributed by atoms with Gasteiger partial charge < -0.3 is 15.4 Å². The van der Waals surface area contributed by atoms with Crippen molar-refractivity contribution in [1.29, 1.82) is 0 Å². The molecular formula is C18H20F2N2O2. The molecule has 0 heterocycles. The highest BCUT2D eigenvalue weighted by Crippen LogP contribution is 2.24. The fourth-order valence-electron chi connectivity index (χ4n) is 2.08. The van der Waals surface area contributed by atoms with Gasteiger partial charge in [0.05, 0.1) is 17.5 Å². The molecule has 0 atom stereocenters. The fraction of sp³-hybridized carbons (Fsp3) is 0.278. The summed E-state index contributed by atoms with van der Waals surface area (Å²) in [6, 6.07) is 10.5.